The molecule has 0 aliphatic carbocycles. The lowest BCUT2D eigenvalue weighted by Crippen LogP contribution is -2.31. The number of carbonyl (C=O) groups excluding carboxylic acids is 1. The fraction of sp³-hybridized carbons (Fsp3) is 0.471. The number of ether oxygens (including phenoxy) is 1. The highest BCUT2D eigenvalue weighted by molar-refractivity contribution is 8.00. The van der Waals surface area contributed by atoms with Crippen molar-refractivity contribution < 1.29 is 9.53 Å². The van der Waals surface area contributed by atoms with E-state index in [4.69, 9.17) is 4.74 Å². The molecule has 24 heavy (non-hydrogen) atoms. The Labute approximate surface area is 146 Å². The molecule has 0 radical (unpaired) electrons. The van der Waals surface area contributed by atoms with Crippen LogP contribution in [-0.2, 0) is 9.53 Å². The van der Waals surface area contributed by atoms with Gasteiger partial charge in [-0.05, 0) is 38.3 Å². The van der Waals surface area contributed by atoms with Gasteiger partial charge in [0.05, 0.1) is 12.8 Å². The average molecular weight is 346 g/mol. The predicted molar refractivity (Wildman–Crippen MR) is 94.8 cm³/mol. The molecule has 0 spiro atoms. The van der Waals surface area contributed by atoms with Crippen LogP contribution in [0.4, 0.5) is 5.95 Å². The molecule has 0 bridgehead atoms. The van der Waals surface area contributed by atoms with E-state index in [1.54, 1.807) is 0 Å². The molecular weight excluding hydrogens is 324 g/mol. The molecular formula is C17H22N4O2S. The molecule has 7 heteroatoms. The molecule has 1 saturated heterocycles. The number of anilines is 1. The van der Waals surface area contributed by atoms with E-state index in [-0.39, 0.29) is 11.2 Å². The van der Waals surface area contributed by atoms with Gasteiger partial charge in [-0.25, -0.2) is 0 Å². The largest absolute Gasteiger partial charge is 0.468 e. The molecule has 1 atom stereocenters. The second-order valence-electron chi connectivity index (χ2n) is 5.78. The van der Waals surface area contributed by atoms with Crippen LogP contribution in [0.3, 0.4) is 0 Å². The summed E-state index contributed by atoms with van der Waals surface area (Å²) in [6.07, 6.45) is 3.60. The summed E-state index contributed by atoms with van der Waals surface area (Å²) in [6.45, 7) is 3.80. The maximum Gasteiger partial charge on any atom is 0.318 e. The second-order valence-corrected chi connectivity index (χ2v) is 7.09. The lowest BCUT2D eigenvalue weighted by atomic mass is 10.1. The average Bonchev–Trinajstić information content (AvgIpc) is 3.06. The number of aromatic nitrogens is 3. The Balaban J connectivity index is 1.96. The first kappa shape index (κ1) is 16.8. The summed E-state index contributed by atoms with van der Waals surface area (Å²) >= 11 is 1.37. The summed E-state index contributed by atoms with van der Waals surface area (Å²) in [7, 11) is 1.40. The maximum absolute atomic E-state index is 11.8. The first-order valence-corrected chi connectivity index (χ1v) is 9.09. The van der Waals surface area contributed by atoms with Crippen molar-refractivity contribution in [2.75, 3.05) is 25.1 Å². The molecule has 2 aromatic rings. The number of piperidine rings is 1. The van der Waals surface area contributed by atoms with E-state index in [0.717, 1.165) is 24.7 Å². The lowest BCUT2D eigenvalue weighted by molar-refractivity contribution is -0.139. The van der Waals surface area contributed by atoms with E-state index in [1.807, 2.05) is 41.8 Å². The van der Waals surface area contributed by atoms with Crippen LogP contribution in [0.2, 0.25) is 0 Å². The topological polar surface area (TPSA) is 60.2 Å². The third-order valence-electron chi connectivity index (χ3n) is 4.08. The zero-order valence-corrected chi connectivity index (χ0v) is 14.8. The van der Waals surface area contributed by atoms with E-state index >= 15 is 0 Å². The summed E-state index contributed by atoms with van der Waals surface area (Å²) in [5.41, 5.74) is 1.00. The van der Waals surface area contributed by atoms with Crippen LogP contribution >= 0.6 is 11.8 Å². The van der Waals surface area contributed by atoms with E-state index in [9.17, 15) is 4.79 Å². The minimum absolute atomic E-state index is 0.262. The normalized spacial score (nSPS) is 16.0. The first-order valence-electron chi connectivity index (χ1n) is 8.21. The van der Waals surface area contributed by atoms with Crippen molar-refractivity contribution in [3.63, 3.8) is 0 Å². The molecule has 3 rings (SSSR count). The Hall–Kier alpha value is -2.02. The number of rotatable bonds is 5. The highest BCUT2D eigenvalue weighted by atomic mass is 32.2. The van der Waals surface area contributed by atoms with Gasteiger partial charge in [-0.15, -0.1) is 10.2 Å². The SMILES string of the molecule is COC(=O)[C@H](C)Sc1nnc(N2CCCCC2)n1-c1ccccc1. The van der Waals surface area contributed by atoms with Gasteiger partial charge in [0.2, 0.25) is 5.95 Å². The van der Waals surface area contributed by atoms with Gasteiger partial charge in [-0.1, -0.05) is 30.0 Å². The van der Waals surface area contributed by atoms with Gasteiger partial charge in [-0.2, -0.15) is 0 Å². The minimum atomic E-state index is -0.337. The molecule has 0 saturated carbocycles. The second kappa shape index (κ2) is 7.70. The standard InChI is InChI=1S/C17H22N4O2S/c1-13(15(22)23-2)24-17-19-18-16(20-11-7-4-8-12-20)21(17)14-9-5-3-6-10-14/h3,5-6,9-10,13H,4,7-8,11-12H2,1-2H3/t13-/m0/s1. The van der Waals surface area contributed by atoms with Crippen molar-refractivity contribution in [3.8, 4) is 5.69 Å². The Bertz CT molecular complexity index is 683. The Morgan fingerprint density at radius 2 is 1.88 bits per heavy atom. The molecule has 2 heterocycles. The van der Waals surface area contributed by atoms with Crippen molar-refractivity contribution in [1.82, 2.24) is 14.8 Å². The molecule has 1 aliphatic rings. The minimum Gasteiger partial charge on any atom is -0.468 e. The van der Waals surface area contributed by atoms with Gasteiger partial charge >= 0.3 is 5.97 Å². The van der Waals surface area contributed by atoms with Crippen LogP contribution in [0.15, 0.2) is 35.5 Å². The van der Waals surface area contributed by atoms with E-state index in [2.05, 4.69) is 15.1 Å². The van der Waals surface area contributed by atoms with Crippen LogP contribution in [-0.4, -0.2) is 46.2 Å². The van der Waals surface area contributed by atoms with Gasteiger partial charge in [0.15, 0.2) is 5.16 Å². The van der Waals surface area contributed by atoms with Crippen LogP contribution in [0.25, 0.3) is 5.69 Å². The fourth-order valence-electron chi connectivity index (χ4n) is 2.81. The van der Waals surface area contributed by atoms with Gasteiger partial charge in [0.25, 0.3) is 0 Å². The van der Waals surface area contributed by atoms with Gasteiger partial charge in [-0.3, -0.25) is 9.36 Å². The number of nitrogens with zero attached hydrogens (tertiary/aromatic N) is 4. The summed E-state index contributed by atoms with van der Waals surface area (Å²) in [6, 6.07) is 10.0. The lowest BCUT2D eigenvalue weighted by Gasteiger charge is -2.27. The molecule has 1 aromatic heterocycles. The summed E-state index contributed by atoms with van der Waals surface area (Å²) in [5, 5.41) is 9.14. The van der Waals surface area contributed by atoms with Crippen molar-refractivity contribution in [2.45, 2.75) is 36.6 Å². The van der Waals surface area contributed by atoms with Gasteiger partial charge in [0.1, 0.15) is 5.25 Å². The smallest absolute Gasteiger partial charge is 0.318 e. The molecule has 0 unspecified atom stereocenters. The van der Waals surface area contributed by atoms with Crippen molar-refractivity contribution >= 4 is 23.7 Å². The Morgan fingerprint density at radius 1 is 1.17 bits per heavy atom. The summed E-state index contributed by atoms with van der Waals surface area (Å²) < 4.78 is 6.86. The van der Waals surface area contributed by atoms with Gasteiger partial charge < -0.3 is 9.64 Å². The monoisotopic (exact) mass is 346 g/mol. The third kappa shape index (κ3) is 3.56. The van der Waals surface area contributed by atoms with Crippen molar-refractivity contribution in [3.05, 3.63) is 30.3 Å². The van der Waals surface area contributed by atoms with Gasteiger partial charge in [0, 0.05) is 13.1 Å². The number of esters is 1. The number of hydrogen-bond acceptors (Lipinski definition) is 6. The molecule has 0 N–H and O–H groups in total. The molecule has 6 nitrogen and oxygen atoms in total. The van der Waals surface area contributed by atoms with Crippen molar-refractivity contribution in [2.24, 2.45) is 0 Å². The predicted octanol–water partition coefficient (Wildman–Crippen LogP) is 2.91. The zero-order chi connectivity index (χ0) is 16.9. The molecule has 1 aliphatic heterocycles. The number of carbonyl (C=O) groups is 1. The molecule has 0 amide bonds. The van der Waals surface area contributed by atoms with Crippen LogP contribution < -0.4 is 4.90 Å². The zero-order valence-electron chi connectivity index (χ0n) is 14.0. The van der Waals surface area contributed by atoms with Crippen LogP contribution in [0, 0.1) is 0 Å². The number of hydrogen-bond donors (Lipinski definition) is 0. The fourth-order valence-corrected chi connectivity index (χ4v) is 3.70. The number of para-hydroxylation sites is 1. The van der Waals surface area contributed by atoms with Crippen LogP contribution in [0.5, 0.6) is 0 Å². The Kier molecular flexibility index (Phi) is 5.40. The van der Waals surface area contributed by atoms with Crippen molar-refractivity contribution in [1.29, 1.82) is 0 Å². The van der Waals surface area contributed by atoms with E-state index in [0.29, 0.717) is 5.16 Å². The van der Waals surface area contributed by atoms with E-state index < -0.39 is 0 Å². The first-order chi connectivity index (χ1) is 11.7. The maximum atomic E-state index is 11.8. The molecule has 128 valence electrons. The Morgan fingerprint density at radius 3 is 2.54 bits per heavy atom. The molecule has 1 aromatic carbocycles. The number of thioether (sulfide) groups is 1. The number of benzene rings is 1. The highest BCUT2D eigenvalue weighted by Gasteiger charge is 2.24. The van der Waals surface area contributed by atoms with E-state index in [1.165, 1.54) is 38.1 Å². The third-order valence-corrected chi connectivity index (χ3v) is 5.11. The highest BCUT2D eigenvalue weighted by Crippen LogP contribution is 2.30. The van der Waals surface area contributed by atoms with Crippen LogP contribution in [0.1, 0.15) is 26.2 Å². The number of methoxy groups -OCH3 is 1. The quantitative estimate of drug-likeness (QED) is 0.613. The molecule has 1 fully saturated rings. The summed E-state index contributed by atoms with van der Waals surface area (Å²) in [4.78, 5) is 14.0. The summed E-state index contributed by atoms with van der Waals surface area (Å²) in [5.74, 6) is 0.586.